The summed E-state index contributed by atoms with van der Waals surface area (Å²) in [4.78, 5) is 26.1. The molecule has 0 saturated heterocycles. The Morgan fingerprint density at radius 1 is 1.23 bits per heavy atom. The molecule has 1 amide bonds. The van der Waals surface area contributed by atoms with Crippen LogP contribution in [0.2, 0.25) is 0 Å². The second kappa shape index (κ2) is 9.03. The van der Waals surface area contributed by atoms with Gasteiger partial charge in [-0.1, -0.05) is 40.5 Å². The van der Waals surface area contributed by atoms with Gasteiger partial charge in [0.15, 0.2) is 0 Å². The molecule has 1 aromatic heterocycles. The lowest BCUT2D eigenvalue weighted by molar-refractivity contribution is -0.116. The van der Waals surface area contributed by atoms with Crippen molar-refractivity contribution < 1.29 is 14.3 Å². The zero-order chi connectivity index (χ0) is 19.3. The molecule has 1 aliphatic carbocycles. The van der Waals surface area contributed by atoms with Crippen LogP contribution < -0.4 is 5.32 Å². The number of amides is 1. The third-order valence-corrected chi connectivity index (χ3v) is 6.40. The van der Waals surface area contributed by atoms with E-state index in [9.17, 15) is 9.59 Å². The third kappa shape index (κ3) is 5.09. The number of unbranched alkanes of at least 4 members (excludes halogenated alkanes) is 2. The quantitative estimate of drug-likeness (QED) is 0.496. The molecule has 0 bridgehead atoms. The van der Waals surface area contributed by atoms with Crippen LogP contribution >= 0.6 is 11.3 Å². The van der Waals surface area contributed by atoms with Crippen LogP contribution in [0.1, 0.15) is 87.5 Å². The number of esters is 1. The first-order valence-electron chi connectivity index (χ1n) is 9.89. The van der Waals surface area contributed by atoms with Gasteiger partial charge in [0.25, 0.3) is 0 Å². The fourth-order valence-corrected chi connectivity index (χ4v) is 4.89. The highest BCUT2D eigenvalue weighted by Crippen LogP contribution is 2.44. The van der Waals surface area contributed by atoms with Gasteiger partial charge in [-0.15, -0.1) is 11.3 Å². The highest BCUT2D eigenvalue weighted by Gasteiger charge is 2.34. The summed E-state index contributed by atoms with van der Waals surface area (Å²) >= 11 is 1.57. The van der Waals surface area contributed by atoms with Gasteiger partial charge in [0.2, 0.25) is 5.91 Å². The number of hydrogen-bond acceptors (Lipinski definition) is 4. The van der Waals surface area contributed by atoms with Crippen molar-refractivity contribution in [2.75, 3.05) is 11.9 Å². The number of rotatable bonds is 7. The van der Waals surface area contributed by atoms with Crippen molar-refractivity contribution >= 4 is 28.2 Å². The summed E-state index contributed by atoms with van der Waals surface area (Å²) < 4.78 is 5.28. The normalized spacial score (nSPS) is 16.9. The first-order valence-corrected chi connectivity index (χ1v) is 10.7. The summed E-state index contributed by atoms with van der Waals surface area (Å²) in [6.45, 7) is 11.1. The van der Waals surface area contributed by atoms with E-state index < -0.39 is 0 Å². The number of anilines is 1. The van der Waals surface area contributed by atoms with E-state index in [-0.39, 0.29) is 17.3 Å². The maximum Gasteiger partial charge on any atom is 0.341 e. The molecule has 1 atom stereocenters. The summed E-state index contributed by atoms with van der Waals surface area (Å²) in [6.07, 6.45) is 6.45. The highest BCUT2D eigenvalue weighted by molar-refractivity contribution is 7.17. The Labute approximate surface area is 161 Å². The highest BCUT2D eigenvalue weighted by atomic mass is 32.1. The number of ether oxygens (including phenoxy) is 1. The zero-order valence-electron chi connectivity index (χ0n) is 16.9. The van der Waals surface area contributed by atoms with Crippen molar-refractivity contribution in [2.45, 2.75) is 79.6 Å². The van der Waals surface area contributed by atoms with E-state index >= 15 is 0 Å². The molecule has 0 saturated carbocycles. The Balaban J connectivity index is 2.25. The number of carbonyl (C=O) groups excluding carboxylic acids is 2. The van der Waals surface area contributed by atoms with E-state index in [1.165, 1.54) is 4.88 Å². The van der Waals surface area contributed by atoms with E-state index in [0.717, 1.165) is 44.1 Å². The molecule has 0 unspecified atom stereocenters. The molecule has 146 valence electrons. The van der Waals surface area contributed by atoms with E-state index in [1.807, 2.05) is 6.92 Å². The monoisotopic (exact) mass is 379 g/mol. The summed E-state index contributed by atoms with van der Waals surface area (Å²) in [5, 5.41) is 3.68. The molecule has 0 aliphatic heterocycles. The smallest absolute Gasteiger partial charge is 0.341 e. The molecule has 1 heterocycles. The Morgan fingerprint density at radius 2 is 1.96 bits per heavy atom. The van der Waals surface area contributed by atoms with Gasteiger partial charge in [0.1, 0.15) is 5.00 Å². The zero-order valence-corrected chi connectivity index (χ0v) is 17.7. The summed E-state index contributed by atoms with van der Waals surface area (Å²) in [6, 6.07) is 0. The first-order chi connectivity index (χ1) is 12.3. The maximum absolute atomic E-state index is 12.6. The predicted molar refractivity (Wildman–Crippen MR) is 108 cm³/mol. The molecule has 0 aromatic carbocycles. The van der Waals surface area contributed by atoms with Gasteiger partial charge >= 0.3 is 5.97 Å². The predicted octanol–water partition coefficient (Wildman–Crippen LogP) is 5.59. The van der Waals surface area contributed by atoms with Crippen LogP contribution in [-0.2, 0) is 22.4 Å². The average molecular weight is 380 g/mol. The first kappa shape index (κ1) is 20.9. The van der Waals surface area contributed by atoms with Crippen LogP contribution in [0.25, 0.3) is 0 Å². The minimum absolute atomic E-state index is 0.00466. The summed E-state index contributed by atoms with van der Waals surface area (Å²) in [5.74, 6) is 0.287. The van der Waals surface area contributed by atoms with Crippen LogP contribution in [0.3, 0.4) is 0 Å². The molecule has 1 aliphatic rings. The van der Waals surface area contributed by atoms with Gasteiger partial charge in [-0.3, -0.25) is 4.79 Å². The van der Waals surface area contributed by atoms with Gasteiger partial charge in [0.05, 0.1) is 12.2 Å². The molecular formula is C21H33NO3S. The van der Waals surface area contributed by atoms with E-state index in [4.69, 9.17) is 4.74 Å². The number of thiophene rings is 1. The van der Waals surface area contributed by atoms with Crippen molar-refractivity contribution in [1.82, 2.24) is 0 Å². The molecule has 0 fully saturated rings. The van der Waals surface area contributed by atoms with Crippen LogP contribution in [0.5, 0.6) is 0 Å². The van der Waals surface area contributed by atoms with Crippen molar-refractivity contribution in [3.63, 3.8) is 0 Å². The lowest BCUT2D eigenvalue weighted by Gasteiger charge is -2.33. The lowest BCUT2D eigenvalue weighted by Crippen LogP contribution is -2.26. The number of hydrogen-bond donors (Lipinski definition) is 1. The number of carbonyl (C=O) groups is 2. The van der Waals surface area contributed by atoms with Crippen LogP contribution in [0.15, 0.2) is 0 Å². The van der Waals surface area contributed by atoms with Gasteiger partial charge in [-0.2, -0.15) is 0 Å². The van der Waals surface area contributed by atoms with Crippen molar-refractivity contribution in [1.29, 1.82) is 0 Å². The second-order valence-corrected chi connectivity index (χ2v) is 9.34. The third-order valence-electron chi connectivity index (χ3n) is 5.23. The molecule has 4 nitrogen and oxygen atoms in total. The Bertz CT molecular complexity index is 642. The van der Waals surface area contributed by atoms with Crippen LogP contribution in [0, 0.1) is 11.3 Å². The fourth-order valence-electron chi connectivity index (χ4n) is 3.56. The fraction of sp³-hybridized carbons (Fsp3) is 0.714. The lowest BCUT2D eigenvalue weighted by atomic mass is 9.72. The topological polar surface area (TPSA) is 55.4 Å². The van der Waals surface area contributed by atoms with E-state index in [0.29, 0.717) is 29.5 Å². The number of fused-ring (bicyclic) bond motifs is 1. The van der Waals surface area contributed by atoms with Gasteiger partial charge < -0.3 is 10.1 Å². The molecule has 1 N–H and O–H groups in total. The van der Waals surface area contributed by atoms with E-state index in [2.05, 4.69) is 33.0 Å². The molecule has 0 radical (unpaired) electrons. The van der Waals surface area contributed by atoms with Gasteiger partial charge in [-0.05, 0) is 49.5 Å². The molecule has 26 heavy (non-hydrogen) atoms. The van der Waals surface area contributed by atoms with Crippen molar-refractivity contribution in [3.05, 3.63) is 16.0 Å². The van der Waals surface area contributed by atoms with Crippen LogP contribution in [-0.4, -0.2) is 18.5 Å². The maximum atomic E-state index is 12.6. The Hall–Kier alpha value is -1.36. The summed E-state index contributed by atoms with van der Waals surface area (Å²) in [7, 11) is 0. The largest absolute Gasteiger partial charge is 0.462 e. The SMILES string of the molecule is CCCCCC(=O)Nc1sc2c(c1C(=O)OCC)CC[C@H](C(C)(C)C)C2. The van der Waals surface area contributed by atoms with Crippen LogP contribution in [0.4, 0.5) is 5.00 Å². The molecular weight excluding hydrogens is 346 g/mol. The molecule has 2 rings (SSSR count). The molecule has 5 heteroatoms. The summed E-state index contributed by atoms with van der Waals surface area (Å²) in [5.41, 5.74) is 1.94. The average Bonchev–Trinajstić information content (AvgIpc) is 2.91. The molecule has 1 aromatic rings. The number of nitrogens with one attached hydrogen (secondary N) is 1. The van der Waals surface area contributed by atoms with Gasteiger partial charge in [0, 0.05) is 11.3 Å². The minimum atomic E-state index is -0.303. The van der Waals surface area contributed by atoms with Crippen molar-refractivity contribution in [2.24, 2.45) is 11.3 Å². The Morgan fingerprint density at radius 3 is 2.58 bits per heavy atom. The van der Waals surface area contributed by atoms with E-state index in [1.54, 1.807) is 11.3 Å². The molecule has 0 spiro atoms. The van der Waals surface area contributed by atoms with Crippen molar-refractivity contribution in [3.8, 4) is 0 Å². The van der Waals surface area contributed by atoms with Gasteiger partial charge in [-0.25, -0.2) is 4.79 Å². The second-order valence-electron chi connectivity index (χ2n) is 8.24. The minimum Gasteiger partial charge on any atom is -0.462 e. The standard InChI is InChI=1S/C21H33NO3S/c1-6-8-9-10-17(23)22-19-18(20(24)25-7-2)15-12-11-14(21(3,4)5)13-16(15)26-19/h14H,6-13H2,1-5H3,(H,22,23)/t14-/m0/s1. The Kier molecular flexibility index (Phi) is 7.27.